The van der Waals surface area contributed by atoms with Crippen LogP contribution < -0.4 is 10.9 Å². The molecule has 5 nitrogen and oxygen atoms in total. The summed E-state index contributed by atoms with van der Waals surface area (Å²) in [6.07, 6.45) is 6.77. The van der Waals surface area contributed by atoms with Gasteiger partial charge in [-0.05, 0) is 54.0 Å². The molecule has 0 aliphatic heterocycles. The van der Waals surface area contributed by atoms with E-state index < -0.39 is 5.60 Å². The Balaban J connectivity index is 1.71. The molecule has 0 aromatic carbocycles. The normalized spacial score (nSPS) is 20.9. The Morgan fingerprint density at radius 2 is 2.26 bits per heavy atom. The summed E-state index contributed by atoms with van der Waals surface area (Å²) >= 11 is 3.33. The molecule has 0 radical (unpaired) electrons. The van der Waals surface area contributed by atoms with Crippen molar-refractivity contribution in [3.8, 4) is 0 Å². The monoisotopic (exact) mass is 327 g/mol. The lowest BCUT2D eigenvalue weighted by molar-refractivity contribution is -0.0202. The highest BCUT2D eigenvalue weighted by Crippen LogP contribution is 2.32. The van der Waals surface area contributed by atoms with Gasteiger partial charge in [0.25, 0.3) is 5.56 Å². The molecule has 2 aliphatic carbocycles. The summed E-state index contributed by atoms with van der Waals surface area (Å²) in [6, 6.07) is 0. The molecule has 3 rings (SSSR count). The molecule has 0 saturated heterocycles. The third-order valence-electron chi connectivity index (χ3n) is 4.01. The summed E-state index contributed by atoms with van der Waals surface area (Å²) in [5.74, 6) is 0.617. The lowest BCUT2D eigenvalue weighted by Crippen LogP contribution is -2.43. The van der Waals surface area contributed by atoms with Crippen LogP contribution >= 0.6 is 15.9 Å². The van der Waals surface area contributed by atoms with Crippen LogP contribution in [0.2, 0.25) is 0 Å². The molecule has 0 spiro atoms. The van der Waals surface area contributed by atoms with Gasteiger partial charge in [-0.3, -0.25) is 4.79 Å². The van der Waals surface area contributed by atoms with Gasteiger partial charge < -0.3 is 10.4 Å². The quantitative estimate of drug-likeness (QED) is 0.864. The van der Waals surface area contributed by atoms with Crippen molar-refractivity contribution in [1.29, 1.82) is 0 Å². The van der Waals surface area contributed by atoms with Crippen molar-refractivity contribution in [2.45, 2.75) is 44.2 Å². The third-order valence-corrected chi connectivity index (χ3v) is 4.77. The van der Waals surface area contributed by atoms with Gasteiger partial charge in [0.2, 0.25) is 0 Å². The van der Waals surface area contributed by atoms with E-state index in [1.54, 1.807) is 6.20 Å². The van der Waals surface area contributed by atoms with Gasteiger partial charge in [-0.2, -0.15) is 5.10 Å². The first-order valence-corrected chi connectivity index (χ1v) is 7.59. The summed E-state index contributed by atoms with van der Waals surface area (Å²) in [4.78, 5) is 12.1. The van der Waals surface area contributed by atoms with Gasteiger partial charge >= 0.3 is 0 Å². The van der Waals surface area contributed by atoms with E-state index in [0.29, 0.717) is 29.2 Å². The first kappa shape index (κ1) is 13.1. The van der Waals surface area contributed by atoms with Crippen LogP contribution in [-0.4, -0.2) is 27.0 Å². The van der Waals surface area contributed by atoms with Crippen molar-refractivity contribution in [2.75, 3.05) is 11.9 Å². The lowest BCUT2D eigenvalue weighted by Gasteiger charge is -2.36. The maximum absolute atomic E-state index is 12.1. The van der Waals surface area contributed by atoms with Crippen LogP contribution in [0.15, 0.2) is 15.5 Å². The molecule has 2 N–H and O–H groups in total. The SMILES string of the molecule is O=c1c(Br)c(NCC2(O)CCC2)cnn1CC1CC1. The molecule has 1 aromatic heterocycles. The van der Waals surface area contributed by atoms with E-state index in [2.05, 4.69) is 26.3 Å². The van der Waals surface area contributed by atoms with E-state index in [-0.39, 0.29) is 5.56 Å². The van der Waals surface area contributed by atoms with Crippen LogP contribution in [0.5, 0.6) is 0 Å². The molecule has 0 unspecified atom stereocenters. The predicted octanol–water partition coefficient (Wildman–Crippen LogP) is 1.74. The standard InChI is InChI=1S/C13H18BrN3O2/c14-11-10(15-8-13(19)4-1-5-13)6-16-17(12(11)18)7-9-2-3-9/h6,9,15,19H,1-5,7-8H2. The summed E-state index contributed by atoms with van der Waals surface area (Å²) in [7, 11) is 0. The number of nitrogens with one attached hydrogen (secondary N) is 1. The van der Waals surface area contributed by atoms with Crippen LogP contribution in [-0.2, 0) is 6.54 Å². The maximum atomic E-state index is 12.1. The number of hydrogen-bond donors (Lipinski definition) is 2. The molecule has 2 aliphatic rings. The Bertz CT molecular complexity index is 535. The zero-order valence-corrected chi connectivity index (χ0v) is 12.3. The summed E-state index contributed by atoms with van der Waals surface area (Å²) in [6.45, 7) is 1.18. The second kappa shape index (κ2) is 4.90. The summed E-state index contributed by atoms with van der Waals surface area (Å²) in [5, 5.41) is 17.3. The molecule has 2 saturated carbocycles. The average Bonchev–Trinajstić information content (AvgIpc) is 3.16. The smallest absolute Gasteiger partial charge is 0.283 e. The molecule has 19 heavy (non-hydrogen) atoms. The van der Waals surface area contributed by atoms with E-state index in [0.717, 1.165) is 19.3 Å². The second-order valence-corrected chi connectivity index (χ2v) is 6.53. The van der Waals surface area contributed by atoms with Gasteiger partial charge in [0.1, 0.15) is 4.47 Å². The minimum Gasteiger partial charge on any atom is -0.388 e. The van der Waals surface area contributed by atoms with E-state index in [9.17, 15) is 9.90 Å². The van der Waals surface area contributed by atoms with Crippen molar-refractivity contribution in [3.63, 3.8) is 0 Å². The van der Waals surface area contributed by atoms with Gasteiger partial charge in [-0.1, -0.05) is 0 Å². The molecule has 1 heterocycles. The highest BCUT2D eigenvalue weighted by Gasteiger charge is 2.34. The molecule has 2 fully saturated rings. The lowest BCUT2D eigenvalue weighted by atomic mass is 9.80. The molecule has 6 heteroatoms. The number of hydrogen-bond acceptors (Lipinski definition) is 4. The number of rotatable bonds is 5. The number of nitrogens with zero attached hydrogens (tertiary/aromatic N) is 2. The summed E-state index contributed by atoms with van der Waals surface area (Å²) < 4.78 is 2.02. The van der Waals surface area contributed by atoms with Crippen LogP contribution in [0.3, 0.4) is 0 Å². The highest BCUT2D eigenvalue weighted by molar-refractivity contribution is 9.10. The topological polar surface area (TPSA) is 67.2 Å². The van der Waals surface area contributed by atoms with Crippen molar-refractivity contribution >= 4 is 21.6 Å². The number of aromatic nitrogens is 2. The summed E-state index contributed by atoms with van der Waals surface area (Å²) in [5.41, 5.74) is -0.0441. The second-order valence-electron chi connectivity index (χ2n) is 5.73. The van der Waals surface area contributed by atoms with Gasteiger partial charge in [0.05, 0.1) is 17.5 Å². The Morgan fingerprint density at radius 1 is 1.53 bits per heavy atom. The van der Waals surface area contributed by atoms with Crippen LogP contribution in [0.25, 0.3) is 0 Å². The van der Waals surface area contributed by atoms with E-state index in [1.165, 1.54) is 17.5 Å². The van der Waals surface area contributed by atoms with Crippen LogP contribution in [0, 0.1) is 5.92 Å². The number of aliphatic hydroxyl groups is 1. The highest BCUT2D eigenvalue weighted by atomic mass is 79.9. The van der Waals surface area contributed by atoms with E-state index in [4.69, 9.17) is 0 Å². The van der Waals surface area contributed by atoms with Crippen molar-refractivity contribution < 1.29 is 5.11 Å². The number of halogens is 1. The Morgan fingerprint density at radius 3 is 2.84 bits per heavy atom. The Kier molecular flexibility index (Phi) is 3.39. The largest absolute Gasteiger partial charge is 0.388 e. The van der Waals surface area contributed by atoms with E-state index in [1.807, 2.05) is 0 Å². The minimum absolute atomic E-state index is 0.0995. The molecular formula is C13H18BrN3O2. The van der Waals surface area contributed by atoms with Gasteiger partial charge in [-0.15, -0.1) is 0 Å². The van der Waals surface area contributed by atoms with Crippen molar-refractivity contribution in [1.82, 2.24) is 9.78 Å². The van der Waals surface area contributed by atoms with Crippen LogP contribution in [0.1, 0.15) is 32.1 Å². The predicted molar refractivity (Wildman–Crippen MR) is 76.2 cm³/mol. The van der Waals surface area contributed by atoms with Gasteiger partial charge in [0, 0.05) is 13.1 Å². The fourth-order valence-electron chi connectivity index (χ4n) is 2.28. The van der Waals surface area contributed by atoms with Gasteiger partial charge in [-0.25, -0.2) is 4.68 Å². The molecule has 0 bridgehead atoms. The van der Waals surface area contributed by atoms with Gasteiger partial charge in [0.15, 0.2) is 0 Å². The maximum Gasteiger partial charge on any atom is 0.283 e. The molecule has 0 atom stereocenters. The van der Waals surface area contributed by atoms with Crippen molar-refractivity contribution in [2.24, 2.45) is 5.92 Å². The fraction of sp³-hybridized carbons (Fsp3) is 0.692. The molecule has 104 valence electrons. The van der Waals surface area contributed by atoms with E-state index >= 15 is 0 Å². The van der Waals surface area contributed by atoms with Crippen LogP contribution in [0.4, 0.5) is 5.69 Å². The first-order valence-electron chi connectivity index (χ1n) is 6.79. The zero-order valence-electron chi connectivity index (χ0n) is 10.7. The zero-order chi connectivity index (χ0) is 13.5. The Hall–Kier alpha value is -0.880. The first-order chi connectivity index (χ1) is 9.07. The fourth-order valence-corrected chi connectivity index (χ4v) is 2.73. The average molecular weight is 328 g/mol. The third kappa shape index (κ3) is 2.84. The number of anilines is 1. The van der Waals surface area contributed by atoms with Crippen molar-refractivity contribution in [3.05, 3.63) is 21.0 Å². The molecule has 0 amide bonds. The Labute approximate surface area is 120 Å². The molecular weight excluding hydrogens is 310 g/mol. The molecule has 1 aromatic rings. The minimum atomic E-state index is -0.609.